The largest absolute Gasteiger partial charge is 0.507 e. The Labute approximate surface area is 121 Å². The van der Waals surface area contributed by atoms with Crippen molar-refractivity contribution in [3.8, 4) is 11.8 Å². The predicted octanol–water partition coefficient (Wildman–Crippen LogP) is 4.23. The summed E-state index contributed by atoms with van der Waals surface area (Å²) in [5, 5.41) is 22.0. The minimum Gasteiger partial charge on any atom is -0.507 e. The van der Waals surface area contributed by atoms with Gasteiger partial charge < -0.3 is 10.4 Å². The number of benzene rings is 2. The highest BCUT2D eigenvalue weighted by molar-refractivity contribution is 6.32. The van der Waals surface area contributed by atoms with Crippen LogP contribution in [0.5, 0.6) is 5.75 Å². The molecule has 0 radical (unpaired) electrons. The van der Waals surface area contributed by atoms with E-state index in [2.05, 4.69) is 5.32 Å². The standard InChI is InChI=1S/C15H12ClFN2O/c1-9(13-5-3-11(17)6-15(13)20)19-12-4-2-10(8-18)14(16)7-12/h2-7,9,19-20H,1H3. The zero-order chi connectivity index (χ0) is 14.7. The van der Waals surface area contributed by atoms with Crippen molar-refractivity contribution in [1.82, 2.24) is 0 Å². The van der Waals surface area contributed by atoms with Gasteiger partial charge in [0.05, 0.1) is 16.6 Å². The molecule has 2 rings (SSSR count). The first kappa shape index (κ1) is 14.2. The molecule has 5 heteroatoms. The van der Waals surface area contributed by atoms with Crippen molar-refractivity contribution < 1.29 is 9.50 Å². The fourth-order valence-electron chi connectivity index (χ4n) is 1.91. The lowest BCUT2D eigenvalue weighted by Crippen LogP contribution is -2.07. The summed E-state index contributed by atoms with van der Waals surface area (Å²) >= 11 is 5.95. The number of nitrogens with one attached hydrogen (secondary N) is 1. The van der Waals surface area contributed by atoms with E-state index in [9.17, 15) is 9.50 Å². The third-order valence-electron chi connectivity index (χ3n) is 2.93. The number of aromatic hydroxyl groups is 1. The second-order valence-corrected chi connectivity index (χ2v) is 4.78. The Bertz CT molecular complexity index is 682. The highest BCUT2D eigenvalue weighted by atomic mass is 35.5. The monoisotopic (exact) mass is 290 g/mol. The van der Waals surface area contributed by atoms with Gasteiger partial charge in [0.15, 0.2) is 0 Å². The fraction of sp³-hybridized carbons (Fsp3) is 0.133. The van der Waals surface area contributed by atoms with Crippen molar-refractivity contribution in [2.75, 3.05) is 5.32 Å². The second kappa shape index (κ2) is 5.81. The number of phenols is 1. The van der Waals surface area contributed by atoms with Crippen molar-refractivity contribution in [3.63, 3.8) is 0 Å². The number of phenolic OH excluding ortho intramolecular Hbond substituents is 1. The maximum absolute atomic E-state index is 12.9. The van der Waals surface area contributed by atoms with Gasteiger partial charge in [0, 0.05) is 17.3 Å². The number of halogens is 2. The number of nitriles is 1. The lowest BCUT2D eigenvalue weighted by molar-refractivity contribution is 0.459. The van der Waals surface area contributed by atoms with Crippen molar-refractivity contribution in [3.05, 3.63) is 58.4 Å². The first-order valence-electron chi connectivity index (χ1n) is 5.96. The van der Waals surface area contributed by atoms with Gasteiger partial charge in [0.25, 0.3) is 0 Å². The molecular weight excluding hydrogens is 279 g/mol. The molecule has 0 fully saturated rings. The van der Waals surface area contributed by atoms with Crippen LogP contribution in [-0.2, 0) is 0 Å². The van der Waals surface area contributed by atoms with E-state index < -0.39 is 5.82 Å². The molecule has 0 aromatic heterocycles. The molecule has 0 bridgehead atoms. The highest BCUT2D eigenvalue weighted by Gasteiger charge is 2.11. The lowest BCUT2D eigenvalue weighted by atomic mass is 10.1. The van der Waals surface area contributed by atoms with E-state index in [-0.39, 0.29) is 11.8 Å². The molecule has 0 aliphatic rings. The summed E-state index contributed by atoms with van der Waals surface area (Å²) < 4.78 is 12.9. The molecular formula is C15H12ClFN2O. The number of rotatable bonds is 3. The highest BCUT2D eigenvalue weighted by Crippen LogP contribution is 2.29. The molecule has 0 spiro atoms. The van der Waals surface area contributed by atoms with Gasteiger partial charge in [-0.1, -0.05) is 17.7 Å². The van der Waals surface area contributed by atoms with E-state index in [0.717, 1.165) is 6.07 Å². The first-order valence-corrected chi connectivity index (χ1v) is 6.33. The number of nitrogens with zero attached hydrogens (tertiary/aromatic N) is 1. The Hall–Kier alpha value is -2.25. The smallest absolute Gasteiger partial charge is 0.126 e. The molecule has 1 atom stereocenters. The van der Waals surface area contributed by atoms with Crippen LogP contribution in [0.15, 0.2) is 36.4 Å². The molecule has 2 N–H and O–H groups in total. The first-order chi connectivity index (χ1) is 9.51. The van der Waals surface area contributed by atoms with Crippen molar-refractivity contribution in [2.45, 2.75) is 13.0 Å². The van der Waals surface area contributed by atoms with Crippen molar-refractivity contribution in [2.24, 2.45) is 0 Å². The quantitative estimate of drug-likeness (QED) is 0.889. The molecule has 0 saturated heterocycles. The third kappa shape index (κ3) is 3.01. The summed E-state index contributed by atoms with van der Waals surface area (Å²) in [6, 6.07) is 10.6. The van der Waals surface area contributed by atoms with Gasteiger partial charge in [-0.05, 0) is 31.2 Å². The summed E-state index contributed by atoms with van der Waals surface area (Å²) in [6.07, 6.45) is 0. The number of hydrogen-bond acceptors (Lipinski definition) is 3. The van der Waals surface area contributed by atoms with Gasteiger partial charge in [0.2, 0.25) is 0 Å². The minimum absolute atomic E-state index is 0.107. The van der Waals surface area contributed by atoms with E-state index >= 15 is 0 Å². The van der Waals surface area contributed by atoms with Crippen LogP contribution in [0, 0.1) is 17.1 Å². The average Bonchev–Trinajstić information content (AvgIpc) is 2.38. The summed E-state index contributed by atoms with van der Waals surface area (Å²) in [4.78, 5) is 0. The van der Waals surface area contributed by atoms with Crippen molar-refractivity contribution in [1.29, 1.82) is 5.26 Å². The Morgan fingerprint density at radius 2 is 2.05 bits per heavy atom. The fourth-order valence-corrected chi connectivity index (χ4v) is 2.13. The topological polar surface area (TPSA) is 56.0 Å². The van der Waals surface area contributed by atoms with Gasteiger partial charge in [-0.25, -0.2) is 4.39 Å². The van der Waals surface area contributed by atoms with Gasteiger partial charge in [-0.3, -0.25) is 0 Å². The Morgan fingerprint density at radius 3 is 2.65 bits per heavy atom. The van der Waals surface area contributed by atoms with Gasteiger partial charge in [0.1, 0.15) is 17.6 Å². The minimum atomic E-state index is -0.486. The average molecular weight is 291 g/mol. The Kier molecular flexibility index (Phi) is 4.11. The summed E-state index contributed by atoms with van der Waals surface area (Å²) in [5.41, 5.74) is 1.69. The van der Waals surface area contributed by atoms with Crippen LogP contribution in [0.3, 0.4) is 0 Å². The van der Waals surface area contributed by atoms with Crippen LogP contribution in [0.4, 0.5) is 10.1 Å². The van der Waals surface area contributed by atoms with Gasteiger partial charge >= 0.3 is 0 Å². The van der Waals surface area contributed by atoms with E-state index in [4.69, 9.17) is 16.9 Å². The van der Waals surface area contributed by atoms with E-state index in [1.165, 1.54) is 12.1 Å². The molecule has 0 aliphatic carbocycles. The van der Waals surface area contributed by atoms with Gasteiger partial charge in [-0.2, -0.15) is 5.26 Å². The number of anilines is 1. The molecule has 1 unspecified atom stereocenters. The van der Waals surface area contributed by atoms with Crippen LogP contribution >= 0.6 is 11.6 Å². The van der Waals surface area contributed by atoms with Crippen LogP contribution in [-0.4, -0.2) is 5.11 Å². The summed E-state index contributed by atoms with van der Waals surface area (Å²) in [5.74, 6) is -0.593. The molecule has 20 heavy (non-hydrogen) atoms. The van der Waals surface area contributed by atoms with E-state index in [1.54, 1.807) is 18.2 Å². The van der Waals surface area contributed by atoms with E-state index in [0.29, 0.717) is 21.8 Å². The molecule has 0 aliphatic heterocycles. The predicted molar refractivity (Wildman–Crippen MR) is 76.3 cm³/mol. The molecule has 2 aromatic carbocycles. The SMILES string of the molecule is CC(Nc1ccc(C#N)c(Cl)c1)c1ccc(F)cc1O. The zero-order valence-corrected chi connectivity index (χ0v) is 11.4. The lowest BCUT2D eigenvalue weighted by Gasteiger charge is -2.17. The molecule has 102 valence electrons. The Morgan fingerprint density at radius 1 is 1.30 bits per heavy atom. The van der Waals surface area contributed by atoms with Crippen LogP contribution in [0.1, 0.15) is 24.1 Å². The maximum Gasteiger partial charge on any atom is 0.126 e. The summed E-state index contributed by atoms with van der Waals surface area (Å²) in [7, 11) is 0. The van der Waals surface area contributed by atoms with Crippen LogP contribution < -0.4 is 5.32 Å². The van der Waals surface area contributed by atoms with Crippen LogP contribution in [0.25, 0.3) is 0 Å². The molecule has 3 nitrogen and oxygen atoms in total. The van der Waals surface area contributed by atoms with Gasteiger partial charge in [-0.15, -0.1) is 0 Å². The summed E-state index contributed by atoms with van der Waals surface area (Å²) in [6.45, 7) is 1.83. The third-order valence-corrected chi connectivity index (χ3v) is 3.24. The molecule has 0 amide bonds. The molecule has 0 heterocycles. The number of hydrogen-bond donors (Lipinski definition) is 2. The molecule has 2 aromatic rings. The van der Waals surface area contributed by atoms with E-state index in [1.807, 2.05) is 13.0 Å². The van der Waals surface area contributed by atoms with Crippen molar-refractivity contribution >= 4 is 17.3 Å². The normalized spacial score (nSPS) is 11.7. The Balaban J connectivity index is 2.21. The van der Waals surface area contributed by atoms with Crippen LogP contribution in [0.2, 0.25) is 5.02 Å². The molecule has 0 saturated carbocycles. The second-order valence-electron chi connectivity index (χ2n) is 4.38. The maximum atomic E-state index is 12.9. The zero-order valence-electron chi connectivity index (χ0n) is 10.7.